The summed E-state index contributed by atoms with van der Waals surface area (Å²) in [6, 6.07) is 10.5. The Bertz CT molecular complexity index is 885. The Labute approximate surface area is 157 Å². The summed E-state index contributed by atoms with van der Waals surface area (Å²) < 4.78 is 25.7. The molecule has 2 aromatic rings. The summed E-state index contributed by atoms with van der Waals surface area (Å²) in [7, 11) is -2.17. The third kappa shape index (κ3) is 4.14. The lowest BCUT2D eigenvalue weighted by molar-refractivity contribution is -0.131. The van der Waals surface area contributed by atoms with Crippen LogP contribution in [0.15, 0.2) is 47.5 Å². The molecule has 1 aliphatic rings. The van der Waals surface area contributed by atoms with Gasteiger partial charge >= 0.3 is 0 Å². The molecule has 26 heavy (non-hydrogen) atoms. The first-order chi connectivity index (χ1) is 12.4. The van der Waals surface area contributed by atoms with Gasteiger partial charge in [0, 0.05) is 30.9 Å². The molecule has 1 fully saturated rings. The van der Waals surface area contributed by atoms with Gasteiger partial charge in [-0.15, -0.1) is 0 Å². The van der Waals surface area contributed by atoms with Crippen LogP contribution in [0.1, 0.15) is 5.56 Å². The van der Waals surface area contributed by atoms with Gasteiger partial charge in [-0.25, -0.2) is 18.1 Å². The second-order valence-electron chi connectivity index (χ2n) is 5.92. The lowest BCUT2D eigenvalue weighted by Gasteiger charge is -2.35. The standard InChI is InChI=1S/C17H19ClN4O3S/c1-19-26(24,25)15-6-7-16(20-10-15)21-8-9-22(17(23)12-21)11-13-2-4-14(18)5-3-13/h2-7,10,19H,8-9,11-12H2,1H3. The van der Waals surface area contributed by atoms with E-state index < -0.39 is 10.0 Å². The van der Waals surface area contributed by atoms with Crippen LogP contribution in [0.2, 0.25) is 5.02 Å². The molecule has 0 unspecified atom stereocenters. The molecule has 1 N–H and O–H groups in total. The van der Waals surface area contributed by atoms with Gasteiger partial charge in [0.25, 0.3) is 0 Å². The normalized spacial score (nSPS) is 15.4. The van der Waals surface area contributed by atoms with E-state index in [1.807, 2.05) is 29.2 Å². The number of carbonyl (C=O) groups is 1. The number of piperazine rings is 1. The number of halogens is 1. The molecule has 3 rings (SSSR count). The number of sulfonamides is 1. The fraction of sp³-hybridized carbons (Fsp3) is 0.294. The second kappa shape index (κ2) is 7.61. The number of amides is 1. The Kier molecular flexibility index (Phi) is 5.45. The summed E-state index contributed by atoms with van der Waals surface area (Å²) in [5.41, 5.74) is 1.02. The maximum Gasteiger partial charge on any atom is 0.242 e. The van der Waals surface area contributed by atoms with E-state index in [4.69, 9.17) is 11.6 Å². The van der Waals surface area contributed by atoms with E-state index in [0.29, 0.717) is 30.5 Å². The first-order valence-electron chi connectivity index (χ1n) is 8.06. The minimum Gasteiger partial charge on any atom is -0.346 e. The van der Waals surface area contributed by atoms with Gasteiger partial charge in [0.1, 0.15) is 10.7 Å². The molecule has 138 valence electrons. The zero-order valence-electron chi connectivity index (χ0n) is 14.2. The minimum absolute atomic E-state index is 0.0000714. The van der Waals surface area contributed by atoms with Crippen molar-refractivity contribution in [3.63, 3.8) is 0 Å². The number of anilines is 1. The topological polar surface area (TPSA) is 82.6 Å². The predicted octanol–water partition coefficient (Wildman–Crippen LogP) is 1.49. The van der Waals surface area contributed by atoms with Crippen LogP contribution in [0, 0.1) is 0 Å². The van der Waals surface area contributed by atoms with E-state index >= 15 is 0 Å². The summed E-state index contributed by atoms with van der Waals surface area (Å²) in [4.78, 5) is 20.4. The molecule has 0 atom stereocenters. The predicted molar refractivity (Wildman–Crippen MR) is 99.6 cm³/mol. The lowest BCUT2D eigenvalue weighted by Crippen LogP contribution is -2.50. The fourth-order valence-corrected chi connectivity index (χ4v) is 3.52. The second-order valence-corrected chi connectivity index (χ2v) is 8.25. The van der Waals surface area contributed by atoms with Gasteiger partial charge < -0.3 is 9.80 Å². The van der Waals surface area contributed by atoms with Crippen LogP contribution in [0.5, 0.6) is 0 Å². The van der Waals surface area contributed by atoms with E-state index in [1.54, 1.807) is 11.0 Å². The van der Waals surface area contributed by atoms with Crippen LogP contribution in [0.25, 0.3) is 0 Å². The van der Waals surface area contributed by atoms with Gasteiger partial charge in [-0.2, -0.15) is 0 Å². The van der Waals surface area contributed by atoms with Crippen LogP contribution in [-0.4, -0.2) is 50.9 Å². The SMILES string of the molecule is CNS(=O)(=O)c1ccc(N2CCN(Cc3ccc(Cl)cc3)C(=O)C2)nc1. The summed E-state index contributed by atoms with van der Waals surface area (Å²) in [6.07, 6.45) is 1.30. The Hall–Kier alpha value is -2.16. The number of hydrogen-bond donors (Lipinski definition) is 1. The average Bonchev–Trinajstić information content (AvgIpc) is 2.65. The maximum absolute atomic E-state index is 12.4. The molecule has 0 saturated carbocycles. The number of benzene rings is 1. The largest absolute Gasteiger partial charge is 0.346 e. The molecule has 0 aliphatic carbocycles. The zero-order valence-corrected chi connectivity index (χ0v) is 15.8. The molecular formula is C17H19ClN4O3S. The van der Waals surface area contributed by atoms with Gasteiger partial charge in [0.05, 0.1) is 6.54 Å². The molecule has 2 heterocycles. The van der Waals surface area contributed by atoms with Crippen molar-refractivity contribution < 1.29 is 13.2 Å². The molecule has 1 aromatic carbocycles. The van der Waals surface area contributed by atoms with E-state index in [0.717, 1.165) is 5.56 Å². The van der Waals surface area contributed by atoms with Crippen LogP contribution < -0.4 is 9.62 Å². The van der Waals surface area contributed by atoms with Gasteiger partial charge in [0.2, 0.25) is 15.9 Å². The Morgan fingerprint density at radius 2 is 1.88 bits per heavy atom. The molecule has 1 amide bonds. The highest BCUT2D eigenvalue weighted by Crippen LogP contribution is 2.18. The van der Waals surface area contributed by atoms with Crippen molar-refractivity contribution >= 4 is 33.3 Å². The van der Waals surface area contributed by atoms with E-state index in [9.17, 15) is 13.2 Å². The van der Waals surface area contributed by atoms with Gasteiger partial charge in [-0.3, -0.25) is 4.79 Å². The highest BCUT2D eigenvalue weighted by molar-refractivity contribution is 7.89. The summed E-state index contributed by atoms with van der Waals surface area (Å²) >= 11 is 5.88. The van der Waals surface area contributed by atoms with Crippen molar-refractivity contribution in [3.8, 4) is 0 Å². The van der Waals surface area contributed by atoms with Crippen molar-refractivity contribution in [1.82, 2.24) is 14.6 Å². The van der Waals surface area contributed by atoms with E-state index in [1.165, 1.54) is 19.3 Å². The average molecular weight is 395 g/mol. The maximum atomic E-state index is 12.4. The first-order valence-corrected chi connectivity index (χ1v) is 9.92. The highest BCUT2D eigenvalue weighted by Gasteiger charge is 2.25. The first kappa shape index (κ1) is 18.6. The molecule has 1 saturated heterocycles. The number of carbonyl (C=O) groups excluding carboxylic acids is 1. The van der Waals surface area contributed by atoms with Gasteiger partial charge in [-0.1, -0.05) is 23.7 Å². The Morgan fingerprint density at radius 3 is 2.46 bits per heavy atom. The highest BCUT2D eigenvalue weighted by atomic mass is 35.5. The van der Waals surface area contributed by atoms with Crippen molar-refractivity contribution in [2.24, 2.45) is 0 Å². The molecule has 0 bridgehead atoms. The molecular weight excluding hydrogens is 376 g/mol. The molecule has 1 aliphatic heterocycles. The third-order valence-corrected chi connectivity index (χ3v) is 5.88. The summed E-state index contributed by atoms with van der Waals surface area (Å²) in [5, 5.41) is 0.666. The van der Waals surface area contributed by atoms with Gasteiger partial charge in [0.15, 0.2) is 0 Å². The number of rotatable bonds is 5. The number of nitrogens with zero attached hydrogens (tertiary/aromatic N) is 3. The van der Waals surface area contributed by atoms with Crippen LogP contribution in [0.4, 0.5) is 5.82 Å². The molecule has 0 spiro atoms. The Morgan fingerprint density at radius 1 is 1.15 bits per heavy atom. The molecule has 1 aromatic heterocycles. The summed E-state index contributed by atoms with van der Waals surface area (Å²) in [6.45, 7) is 1.94. The van der Waals surface area contributed by atoms with Crippen LogP contribution in [0.3, 0.4) is 0 Å². The Balaban J connectivity index is 1.65. The van der Waals surface area contributed by atoms with Crippen molar-refractivity contribution in [3.05, 3.63) is 53.2 Å². The monoisotopic (exact) mass is 394 g/mol. The lowest BCUT2D eigenvalue weighted by atomic mass is 10.2. The van der Waals surface area contributed by atoms with Crippen molar-refractivity contribution in [2.75, 3.05) is 31.6 Å². The van der Waals surface area contributed by atoms with Crippen molar-refractivity contribution in [2.45, 2.75) is 11.4 Å². The third-order valence-electron chi connectivity index (χ3n) is 4.23. The number of aromatic nitrogens is 1. The summed E-state index contributed by atoms with van der Waals surface area (Å²) in [5.74, 6) is 0.583. The quantitative estimate of drug-likeness (QED) is 0.830. The number of nitrogens with one attached hydrogen (secondary N) is 1. The molecule has 0 radical (unpaired) electrons. The van der Waals surface area contributed by atoms with Crippen molar-refractivity contribution in [1.29, 1.82) is 0 Å². The number of pyridine rings is 1. The molecule has 7 nitrogen and oxygen atoms in total. The smallest absolute Gasteiger partial charge is 0.242 e. The van der Waals surface area contributed by atoms with Crippen LogP contribution >= 0.6 is 11.6 Å². The number of hydrogen-bond acceptors (Lipinski definition) is 5. The minimum atomic E-state index is -3.52. The van der Waals surface area contributed by atoms with Crippen LogP contribution in [-0.2, 0) is 21.4 Å². The fourth-order valence-electron chi connectivity index (χ4n) is 2.72. The van der Waals surface area contributed by atoms with E-state index in [2.05, 4.69) is 9.71 Å². The zero-order chi connectivity index (χ0) is 18.7. The molecule has 9 heteroatoms. The van der Waals surface area contributed by atoms with Gasteiger partial charge in [-0.05, 0) is 36.9 Å². The van der Waals surface area contributed by atoms with E-state index in [-0.39, 0.29) is 17.3 Å².